The highest BCUT2D eigenvalue weighted by molar-refractivity contribution is 6.00. The number of fused-ring (bicyclic) bond motifs is 1. The molecule has 1 aliphatic carbocycles. The molecule has 2 amide bonds. The van der Waals surface area contributed by atoms with E-state index in [0.717, 1.165) is 29.8 Å². The molecule has 1 saturated carbocycles. The first kappa shape index (κ1) is 11.2. The van der Waals surface area contributed by atoms with Gasteiger partial charge in [-0.3, -0.25) is 9.59 Å². The molecule has 0 saturated heterocycles. The van der Waals surface area contributed by atoms with Crippen LogP contribution < -0.4 is 16.4 Å². The number of benzene rings is 1. The van der Waals surface area contributed by atoms with Gasteiger partial charge in [0, 0.05) is 17.8 Å². The van der Waals surface area contributed by atoms with E-state index in [2.05, 4.69) is 10.6 Å². The molecule has 5 heteroatoms. The lowest BCUT2D eigenvalue weighted by atomic mass is 10.0. The molecule has 0 radical (unpaired) electrons. The zero-order chi connectivity index (χ0) is 12.8. The predicted molar refractivity (Wildman–Crippen MR) is 68.2 cm³/mol. The lowest BCUT2D eigenvalue weighted by Crippen LogP contribution is -2.37. The van der Waals surface area contributed by atoms with Crippen molar-refractivity contribution in [3.8, 4) is 0 Å². The van der Waals surface area contributed by atoms with E-state index in [1.165, 1.54) is 0 Å². The summed E-state index contributed by atoms with van der Waals surface area (Å²) in [7, 11) is 0. The first-order valence-electron chi connectivity index (χ1n) is 6.10. The van der Waals surface area contributed by atoms with Gasteiger partial charge in [0.1, 0.15) is 0 Å². The lowest BCUT2D eigenvalue weighted by Gasteiger charge is -2.18. The molecule has 0 bridgehead atoms. The Labute approximate surface area is 105 Å². The highest BCUT2D eigenvalue weighted by atomic mass is 16.2. The molecule has 5 nitrogen and oxygen atoms in total. The van der Waals surface area contributed by atoms with Crippen LogP contribution >= 0.6 is 0 Å². The molecule has 0 atom stereocenters. The fourth-order valence-corrected chi connectivity index (χ4v) is 2.08. The number of nitrogens with two attached hydrogens (primary N) is 1. The summed E-state index contributed by atoms with van der Waals surface area (Å²) < 4.78 is 0. The van der Waals surface area contributed by atoms with E-state index in [0.29, 0.717) is 12.8 Å². The summed E-state index contributed by atoms with van der Waals surface area (Å²) in [5, 5.41) is 5.64. The molecule has 0 spiro atoms. The summed E-state index contributed by atoms with van der Waals surface area (Å²) >= 11 is 0. The van der Waals surface area contributed by atoms with Crippen molar-refractivity contribution in [3.63, 3.8) is 0 Å². The van der Waals surface area contributed by atoms with Crippen LogP contribution in [0.15, 0.2) is 18.2 Å². The summed E-state index contributed by atoms with van der Waals surface area (Å²) in [6, 6.07) is 5.50. The molecular formula is C13H15N3O2. The molecule has 0 aromatic heterocycles. The van der Waals surface area contributed by atoms with Crippen LogP contribution in [0.25, 0.3) is 0 Å². The maximum absolute atomic E-state index is 11.8. The Bertz CT molecular complexity index is 535. The van der Waals surface area contributed by atoms with Crippen LogP contribution in [-0.4, -0.2) is 17.4 Å². The Morgan fingerprint density at radius 2 is 2.11 bits per heavy atom. The van der Waals surface area contributed by atoms with Crippen LogP contribution in [0.4, 0.5) is 11.4 Å². The average Bonchev–Trinajstić information content (AvgIpc) is 3.09. The largest absolute Gasteiger partial charge is 0.326 e. The molecule has 1 aromatic rings. The van der Waals surface area contributed by atoms with Crippen molar-refractivity contribution in [1.29, 1.82) is 0 Å². The minimum Gasteiger partial charge on any atom is -0.326 e. The number of amides is 2. The Kier molecular flexibility index (Phi) is 2.38. The third-order valence-electron chi connectivity index (χ3n) is 3.50. The number of nitrogens with one attached hydrogen (secondary N) is 2. The molecule has 2 aliphatic rings. The van der Waals surface area contributed by atoms with Crippen molar-refractivity contribution < 1.29 is 9.59 Å². The van der Waals surface area contributed by atoms with Crippen LogP contribution in [-0.2, 0) is 16.0 Å². The first-order chi connectivity index (χ1) is 8.57. The normalized spacial score (nSPS) is 19.7. The summed E-state index contributed by atoms with van der Waals surface area (Å²) in [5.41, 5.74) is 7.79. The SMILES string of the molecule is NC1(C(=O)Nc2ccc3c(c2)CCC(=O)N3)CC1. The van der Waals surface area contributed by atoms with E-state index >= 15 is 0 Å². The third kappa shape index (κ3) is 1.97. The molecule has 1 heterocycles. The zero-order valence-corrected chi connectivity index (χ0v) is 9.95. The van der Waals surface area contributed by atoms with Gasteiger partial charge < -0.3 is 16.4 Å². The predicted octanol–water partition coefficient (Wildman–Crippen LogP) is 1.00. The van der Waals surface area contributed by atoms with Gasteiger partial charge in [0.15, 0.2) is 0 Å². The summed E-state index contributed by atoms with van der Waals surface area (Å²) in [6.45, 7) is 0. The number of anilines is 2. The van der Waals surface area contributed by atoms with Crippen LogP contribution in [0.3, 0.4) is 0 Å². The van der Waals surface area contributed by atoms with Crippen LogP contribution in [0.2, 0.25) is 0 Å². The minimum atomic E-state index is -0.663. The van der Waals surface area contributed by atoms with Crippen LogP contribution in [0.5, 0.6) is 0 Å². The first-order valence-corrected chi connectivity index (χ1v) is 6.10. The second-order valence-electron chi connectivity index (χ2n) is 5.03. The molecule has 4 N–H and O–H groups in total. The van der Waals surface area contributed by atoms with Gasteiger partial charge in [-0.25, -0.2) is 0 Å². The fourth-order valence-electron chi connectivity index (χ4n) is 2.08. The van der Waals surface area contributed by atoms with E-state index in [1.807, 2.05) is 12.1 Å². The second kappa shape index (κ2) is 3.81. The average molecular weight is 245 g/mol. The number of rotatable bonds is 2. The minimum absolute atomic E-state index is 0.0400. The number of carbonyl (C=O) groups is 2. The fraction of sp³-hybridized carbons (Fsp3) is 0.385. The van der Waals surface area contributed by atoms with Gasteiger partial charge in [0.25, 0.3) is 0 Å². The highest BCUT2D eigenvalue weighted by Gasteiger charge is 2.45. The molecular weight excluding hydrogens is 230 g/mol. The van der Waals surface area contributed by atoms with E-state index in [4.69, 9.17) is 5.73 Å². The van der Waals surface area contributed by atoms with Gasteiger partial charge in [0.2, 0.25) is 11.8 Å². The summed E-state index contributed by atoms with van der Waals surface area (Å²) in [6.07, 6.45) is 2.70. The van der Waals surface area contributed by atoms with Crippen molar-refractivity contribution >= 4 is 23.2 Å². The monoisotopic (exact) mass is 245 g/mol. The third-order valence-corrected chi connectivity index (χ3v) is 3.50. The van der Waals surface area contributed by atoms with Crippen molar-refractivity contribution in [2.24, 2.45) is 5.73 Å². The van der Waals surface area contributed by atoms with Crippen LogP contribution in [0, 0.1) is 0 Å². The van der Waals surface area contributed by atoms with Gasteiger partial charge in [-0.05, 0) is 43.0 Å². The molecule has 1 aliphatic heterocycles. The van der Waals surface area contributed by atoms with Crippen molar-refractivity contribution in [1.82, 2.24) is 0 Å². The maximum Gasteiger partial charge on any atom is 0.244 e. The molecule has 1 aromatic carbocycles. The van der Waals surface area contributed by atoms with Gasteiger partial charge >= 0.3 is 0 Å². The maximum atomic E-state index is 11.8. The number of hydrogen-bond donors (Lipinski definition) is 3. The Balaban J connectivity index is 1.78. The zero-order valence-electron chi connectivity index (χ0n) is 9.95. The molecule has 1 fully saturated rings. The standard InChI is InChI=1S/C13H15N3O2/c14-13(5-6-13)12(18)15-9-2-3-10-8(7-9)1-4-11(17)16-10/h2-3,7H,1,4-6,14H2,(H,15,18)(H,16,17). The smallest absolute Gasteiger partial charge is 0.244 e. The molecule has 94 valence electrons. The van der Waals surface area contributed by atoms with E-state index in [1.54, 1.807) is 6.07 Å². The quantitative estimate of drug-likeness (QED) is 0.726. The van der Waals surface area contributed by atoms with Gasteiger partial charge in [-0.2, -0.15) is 0 Å². The topological polar surface area (TPSA) is 84.2 Å². The van der Waals surface area contributed by atoms with Crippen molar-refractivity contribution in [3.05, 3.63) is 23.8 Å². The Morgan fingerprint density at radius 1 is 1.33 bits per heavy atom. The Hall–Kier alpha value is -1.88. The molecule has 18 heavy (non-hydrogen) atoms. The lowest BCUT2D eigenvalue weighted by molar-refractivity contribution is -0.118. The van der Waals surface area contributed by atoms with E-state index in [-0.39, 0.29) is 11.8 Å². The van der Waals surface area contributed by atoms with E-state index < -0.39 is 5.54 Å². The second-order valence-corrected chi connectivity index (χ2v) is 5.03. The number of carbonyl (C=O) groups excluding carboxylic acids is 2. The van der Waals surface area contributed by atoms with Crippen molar-refractivity contribution in [2.45, 2.75) is 31.2 Å². The van der Waals surface area contributed by atoms with Crippen LogP contribution in [0.1, 0.15) is 24.8 Å². The van der Waals surface area contributed by atoms with E-state index in [9.17, 15) is 9.59 Å². The van der Waals surface area contributed by atoms with Crippen molar-refractivity contribution in [2.75, 3.05) is 10.6 Å². The Morgan fingerprint density at radius 3 is 2.83 bits per heavy atom. The van der Waals surface area contributed by atoms with Gasteiger partial charge in [-0.15, -0.1) is 0 Å². The summed E-state index contributed by atoms with van der Waals surface area (Å²) in [4.78, 5) is 23.0. The molecule has 3 rings (SSSR count). The highest BCUT2D eigenvalue weighted by Crippen LogP contribution is 2.34. The van der Waals surface area contributed by atoms with Gasteiger partial charge in [0.05, 0.1) is 5.54 Å². The number of hydrogen-bond acceptors (Lipinski definition) is 3. The molecule has 0 unspecified atom stereocenters. The number of aryl methyl sites for hydroxylation is 1. The van der Waals surface area contributed by atoms with Gasteiger partial charge in [-0.1, -0.05) is 0 Å². The summed E-state index contributed by atoms with van der Waals surface area (Å²) in [5.74, 6) is -0.0829.